The van der Waals surface area contributed by atoms with Crippen LogP contribution in [0.4, 0.5) is 0 Å². The van der Waals surface area contributed by atoms with Crippen LogP contribution in [0.2, 0.25) is 0 Å². The summed E-state index contributed by atoms with van der Waals surface area (Å²) in [6.45, 7) is 5.71. The number of ether oxygens (including phenoxy) is 1. The van der Waals surface area contributed by atoms with E-state index in [1.165, 1.54) is 5.39 Å². The van der Waals surface area contributed by atoms with Crippen molar-refractivity contribution in [2.45, 2.75) is 32.5 Å². The average molecular weight is 435 g/mol. The van der Waals surface area contributed by atoms with Crippen LogP contribution in [0, 0.1) is 0 Å². The molecule has 7 heteroatoms. The third-order valence-corrected chi connectivity index (χ3v) is 5.80. The van der Waals surface area contributed by atoms with Gasteiger partial charge in [0.25, 0.3) is 0 Å². The summed E-state index contributed by atoms with van der Waals surface area (Å²) < 4.78 is 7.62. The molecule has 1 aromatic heterocycles. The third kappa shape index (κ3) is 5.29. The maximum Gasteiger partial charge on any atom is 0.237 e. The number of carbonyl (C=O) groups excluding carboxylic acids is 2. The summed E-state index contributed by atoms with van der Waals surface area (Å²) in [4.78, 5) is 27.2. The Morgan fingerprint density at radius 3 is 2.78 bits per heavy atom. The number of carbonyl (C=O) groups is 2. The first-order valence-electron chi connectivity index (χ1n) is 11.2. The minimum atomic E-state index is -0.470. The number of fused-ring (bicyclic) bond motifs is 1. The van der Waals surface area contributed by atoms with E-state index in [4.69, 9.17) is 4.74 Å². The Balaban J connectivity index is 1.31. The molecule has 0 saturated carbocycles. The molecule has 1 aliphatic rings. The first-order valence-corrected chi connectivity index (χ1v) is 11.2. The van der Waals surface area contributed by atoms with Gasteiger partial charge in [0, 0.05) is 44.4 Å². The second kappa shape index (κ2) is 10.3. The fraction of sp³-hybridized carbons (Fsp3) is 0.360. The minimum Gasteiger partial charge on any atom is -0.494 e. The van der Waals surface area contributed by atoms with Gasteiger partial charge in [-0.3, -0.25) is 14.5 Å². The lowest BCUT2D eigenvalue weighted by Gasteiger charge is -2.34. The molecule has 3 aromatic rings. The quantitative estimate of drug-likeness (QED) is 0.543. The van der Waals surface area contributed by atoms with Gasteiger partial charge in [-0.2, -0.15) is 0 Å². The molecule has 7 nitrogen and oxygen atoms in total. The number of nitrogens with one attached hydrogen (secondary N) is 2. The van der Waals surface area contributed by atoms with Gasteiger partial charge in [-0.15, -0.1) is 0 Å². The summed E-state index contributed by atoms with van der Waals surface area (Å²) in [5, 5.41) is 7.05. The van der Waals surface area contributed by atoms with E-state index in [-0.39, 0.29) is 18.2 Å². The molecule has 1 fully saturated rings. The number of piperazine rings is 1. The summed E-state index contributed by atoms with van der Waals surface area (Å²) in [6, 6.07) is 17.7. The molecule has 168 valence electrons. The number of rotatable bonds is 9. The van der Waals surface area contributed by atoms with Crippen LogP contribution in [0.3, 0.4) is 0 Å². The zero-order chi connectivity index (χ0) is 22.3. The highest BCUT2D eigenvalue weighted by Crippen LogP contribution is 2.18. The molecule has 0 radical (unpaired) electrons. The largest absolute Gasteiger partial charge is 0.494 e. The molecule has 0 aliphatic carbocycles. The number of hydrogen-bond donors (Lipinski definition) is 2. The van der Waals surface area contributed by atoms with E-state index in [1.807, 2.05) is 49.5 Å². The Morgan fingerprint density at radius 2 is 1.97 bits per heavy atom. The van der Waals surface area contributed by atoms with E-state index < -0.39 is 6.04 Å². The van der Waals surface area contributed by atoms with Crippen LogP contribution in [0.25, 0.3) is 10.9 Å². The van der Waals surface area contributed by atoms with Crippen molar-refractivity contribution in [3.05, 3.63) is 66.4 Å². The van der Waals surface area contributed by atoms with E-state index in [2.05, 4.69) is 38.3 Å². The maximum absolute atomic E-state index is 12.6. The summed E-state index contributed by atoms with van der Waals surface area (Å²) in [5.74, 6) is 0.632. The standard InChI is InChI=1S/C25H30N4O3/c1-2-32-21-9-7-19(8-10-21)18-29-16-13-27-25(31)23(29)17-24(30)26-12-15-28-14-11-20-5-3-4-6-22(20)28/h3-11,14,23H,2,12-13,15-18H2,1H3,(H,26,30)(H,27,31). The van der Waals surface area contributed by atoms with Crippen LogP contribution in [0.1, 0.15) is 18.9 Å². The molecular formula is C25H30N4O3. The Morgan fingerprint density at radius 1 is 1.16 bits per heavy atom. The molecule has 1 saturated heterocycles. The zero-order valence-corrected chi connectivity index (χ0v) is 18.4. The summed E-state index contributed by atoms with van der Waals surface area (Å²) in [6.07, 6.45) is 2.18. The topological polar surface area (TPSA) is 75.6 Å². The van der Waals surface area contributed by atoms with Crippen molar-refractivity contribution in [2.75, 3.05) is 26.2 Å². The first-order chi connectivity index (χ1) is 15.6. The molecule has 1 unspecified atom stereocenters. The van der Waals surface area contributed by atoms with Crippen LogP contribution in [-0.2, 0) is 22.7 Å². The van der Waals surface area contributed by atoms with Crippen molar-refractivity contribution < 1.29 is 14.3 Å². The highest BCUT2D eigenvalue weighted by molar-refractivity contribution is 5.88. The van der Waals surface area contributed by atoms with Crippen LogP contribution in [0.15, 0.2) is 60.8 Å². The highest BCUT2D eigenvalue weighted by atomic mass is 16.5. The molecule has 2 amide bonds. The van der Waals surface area contributed by atoms with E-state index in [0.29, 0.717) is 39.3 Å². The SMILES string of the molecule is CCOc1ccc(CN2CCNC(=O)C2CC(=O)NCCn2ccc3ccccc32)cc1. The number of para-hydroxylation sites is 1. The van der Waals surface area contributed by atoms with Gasteiger partial charge < -0.3 is 19.9 Å². The number of benzene rings is 2. The van der Waals surface area contributed by atoms with Crippen LogP contribution in [-0.4, -0.2) is 53.6 Å². The Labute approximate surface area is 188 Å². The van der Waals surface area contributed by atoms with Crippen molar-refractivity contribution in [3.8, 4) is 5.75 Å². The molecule has 0 bridgehead atoms. The Kier molecular flexibility index (Phi) is 7.07. The number of hydrogen-bond acceptors (Lipinski definition) is 4. The molecule has 2 aromatic carbocycles. The van der Waals surface area contributed by atoms with Gasteiger partial charge in [-0.05, 0) is 42.1 Å². The smallest absolute Gasteiger partial charge is 0.237 e. The van der Waals surface area contributed by atoms with Crippen molar-refractivity contribution in [1.82, 2.24) is 20.1 Å². The van der Waals surface area contributed by atoms with Crippen molar-refractivity contribution in [1.29, 1.82) is 0 Å². The van der Waals surface area contributed by atoms with Gasteiger partial charge in [0.1, 0.15) is 5.75 Å². The summed E-state index contributed by atoms with van der Waals surface area (Å²) >= 11 is 0. The van der Waals surface area contributed by atoms with Gasteiger partial charge in [0.05, 0.1) is 19.1 Å². The molecular weight excluding hydrogens is 404 g/mol. The summed E-state index contributed by atoms with van der Waals surface area (Å²) in [7, 11) is 0. The molecule has 4 rings (SSSR count). The van der Waals surface area contributed by atoms with E-state index >= 15 is 0 Å². The van der Waals surface area contributed by atoms with E-state index in [9.17, 15) is 9.59 Å². The predicted octanol–water partition coefficient (Wildman–Crippen LogP) is 2.55. The van der Waals surface area contributed by atoms with Gasteiger partial charge in [-0.25, -0.2) is 0 Å². The second-order valence-electron chi connectivity index (χ2n) is 7.98. The first kappa shape index (κ1) is 21.9. The number of nitrogens with zero attached hydrogens (tertiary/aromatic N) is 2. The van der Waals surface area contributed by atoms with Crippen molar-refractivity contribution in [2.24, 2.45) is 0 Å². The average Bonchev–Trinajstić information content (AvgIpc) is 3.21. The molecule has 2 heterocycles. The van der Waals surface area contributed by atoms with Crippen molar-refractivity contribution >= 4 is 22.7 Å². The normalized spacial score (nSPS) is 16.7. The van der Waals surface area contributed by atoms with Gasteiger partial charge in [-0.1, -0.05) is 30.3 Å². The third-order valence-electron chi connectivity index (χ3n) is 5.80. The van der Waals surface area contributed by atoms with E-state index in [1.54, 1.807) is 0 Å². The lowest BCUT2D eigenvalue weighted by atomic mass is 10.1. The van der Waals surface area contributed by atoms with Gasteiger partial charge in [0.15, 0.2) is 0 Å². The fourth-order valence-electron chi connectivity index (χ4n) is 4.16. The molecule has 2 N–H and O–H groups in total. The van der Waals surface area contributed by atoms with Gasteiger partial charge in [0.2, 0.25) is 11.8 Å². The van der Waals surface area contributed by atoms with E-state index in [0.717, 1.165) is 16.8 Å². The molecule has 1 atom stereocenters. The highest BCUT2D eigenvalue weighted by Gasteiger charge is 2.31. The van der Waals surface area contributed by atoms with Crippen LogP contribution < -0.4 is 15.4 Å². The van der Waals surface area contributed by atoms with Crippen LogP contribution >= 0.6 is 0 Å². The van der Waals surface area contributed by atoms with Gasteiger partial charge >= 0.3 is 0 Å². The lowest BCUT2D eigenvalue weighted by molar-refractivity contribution is -0.134. The van der Waals surface area contributed by atoms with Crippen LogP contribution in [0.5, 0.6) is 5.75 Å². The number of aromatic nitrogens is 1. The summed E-state index contributed by atoms with van der Waals surface area (Å²) in [5.41, 5.74) is 2.24. The molecule has 0 spiro atoms. The van der Waals surface area contributed by atoms with Crippen molar-refractivity contribution in [3.63, 3.8) is 0 Å². The lowest BCUT2D eigenvalue weighted by Crippen LogP contribution is -2.56. The number of amides is 2. The fourth-order valence-corrected chi connectivity index (χ4v) is 4.16. The molecule has 32 heavy (non-hydrogen) atoms. The maximum atomic E-state index is 12.6. The zero-order valence-electron chi connectivity index (χ0n) is 18.4. The molecule has 1 aliphatic heterocycles. The Bertz CT molecular complexity index is 1060. The second-order valence-corrected chi connectivity index (χ2v) is 7.98. The monoisotopic (exact) mass is 434 g/mol. The minimum absolute atomic E-state index is 0.0891. The Hall–Kier alpha value is -3.32. The predicted molar refractivity (Wildman–Crippen MR) is 124 cm³/mol.